The molecule has 1 unspecified atom stereocenters. The number of nitrogens with two attached hydrogens (primary N) is 1. The number of alkyl halides is 4. The summed E-state index contributed by atoms with van der Waals surface area (Å²) in [4.78, 5) is 25.6. The van der Waals surface area contributed by atoms with Crippen molar-refractivity contribution in [1.82, 2.24) is 0 Å². The maximum Gasteiger partial charge on any atom is 0.457 e. The van der Waals surface area contributed by atoms with E-state index in [2.05, 4.69) is 5.92 Å². The van der Waals surface area contributed by atoms with Crippen LogP contribution in [0.1, 0.15) is 70.3 Å². The number of halogens is 4. The molecule has 1 aromatic rings. The van der Waals surface area contributed by atoms with Crippen molar-refractivity contribution in [2.45, 2.75) is 77.1 Å². The van der Waals surface area contributed by atoms with Crippen molar-refractivity contribution in [3.63, 3.8) is 0 Å². The van der Waals surface area contributed by atoms with Gasteiger partial charge in [0, 0.05) is 30.4 Å². The van der Waals surface area contributed by atoms with E-state index in [9.17, 15) is 22.8 Å². The third kappa shape index (κ3) is 4.04. The summed E-state index contributed by atoms with van der Waals surface area (Å²) in [6.45, 7) is 3.57. The number of anilines is 1. The molecule has 2 N–H and O–H groups in total. The number of allylic oxidation sites excluding steroid dienone is 4. The summed E-state index contributed by atoms with van der Waals surface area (Å²) in [7, 11) is 0. The van der Waals surface area contributed by atoms with Crippen LogP contribution >= 0.6 is 0 Å². The monoisotopic (exact) mass is 513 g/mol. The smallest absolute Gasteiger partial charge is 0.399 e. The van der Waals surface area contributed by atoms with Gasteiger partial charge in [0.15, 0.2) is 11.6 Å². The fourth-order valence-electron chi connectivity index (χ4n) is 7.90. The summed E-state index contributed by atoms with van der Waals surface area (Å²) in [5.41, 5.74) is 7.57. The van der Waals surface area contributed by atoms with Gasteiger partial charge in [-0.15, -0.1) is 0 Å². The second kappa shape index (κ2) is 8.85. The van der Waals surface area contributed by atoms with Crippen molar-refractivity contribution in [2.75, 3.05) is 5.73 Å². The molecule has 3 nitrogen and oxygen atoms in total. The number of hydrogen-bond donors (Lipinski definition) is 1. The number of carbonyl (C=O) groups is 2. The van der Waals surface area contributed by atoms with Crippen molar-refractivity contribution in [1.29, 1.82) is 0 Å². The molecule has 0 saturated heterocycles. The van der Waals surface area contributed by atoms with Crippen molar-refractivity contribution in [2.24, 2.45) is 22.7 Å². The molecule has 2 saturated carbocycles. The predicted molar refractivity (Wildman–Crippen MR) is 133 cm³/mol. The Balaban J connectivity index is 1.73. The first-order chi connectivity index (χ1) is 17.4. The Kier molecular flexibility index (Phi) is 6.16. The molecule has 0 aromatic heterocycles. The van der Waals surface area contributed by atoms with E-state index in [-0.39, 0.29) is 48.6 Å². The third-order valence-electron chi connectivity index (χ3n) is 9.50. The molecule has 7 heteroatoms. The Morgan fingerprint density at radius 1 is 1.19 bits per heavy atom. The van der Waals surface area contributed by atoms with E-state index in [4.69, 9.17) is 5.73 Å². The van der Waals surface area contributed by atoms with Gasteiger partial charge >= 0.3 is 6.18 Å². The Morgan fingerprint density at radius 3 is 2.54 bits per heavy atom. The topological polar surface area (TPSA) is 60.2 Å². The molecule has 5 rings (SSSR count). The second-order valence-electron chi connectivity index (χ2n) is 11.2. The average molecular weight is 514 g/mol. The highest BCUT2D eigenvalue weighted by molar-refractivity contribution is 5.93. The maximum atomic E-state index is 15.6. The zero-order valence-electron chi connectivity index (χ0n) is 21.1. The average Bonchev–Trinajstić information content (AvgIpc) is 3.15. The first kappa shape index (κ1) is 25.8. The van der Waals surface area contributed by atoms with Crippen LogP contribution in [-0.2, 0) is 9.59 Å². The number of carbonyl (C=O) groups excluding carboxylic acids is 2. The van der Waals surface area contributed by atoms with E-state index >= 15 is 4.39 Å². The van der Waals surface area contributed by atoms with E-state index in [0.29, 0.717) is 36.9 Å². The lowest BCUT2D eigenvalue weighted by molar-refractivity contribution is -0.132. The van der Waals surface area contributed by atoms with E-state index in [0.717, 1.165) is 16.7 Å². The molecular weight excluding hydrogens is 482 g/mol. The number of hydrogen-bond acceptors (Lipinski definition) is 3. The van der Waals surface area contributed by atoms with Gasteiger partial charge in [0.1, 0.15) is 6.17 Å². The molecule has 6 atom stereocenters. The highest BCUT2D eigenvalue weighted by Crippen LogP contribution is 2.70. The minimum atomic E-state index is -4.71. The summed E-state index contributed by atoms with van der Waals surface area (Å²) in [5.74, 6) is 2.89. The van der Waals surface area contributed by atoms with Gasteiger partial charge in [-0.25, -0.2) is 4.39 Å². The molecule has 0 heterocycles. The van der Waals surface area contributed by atoms with Gasteiger partial charge in [0.2, 0.25) is 0 Å². The molecule has 196 valence electrons. The van der Waals surface area contributed by atoms with E-state index in [1.807, 2.05) is 19.1 Å². The van der Waals surface area contributed by atoms with Crippen molar-refractivity contribution < 1.29 is 27.2 Å². The van der Waals surface area contributed by atoms with Crippen LogP contribution in [0, 0.1) is 34.5 Å². The quantitative estimate of drug-likeness (QED) is 0.280. The molecule has 0 spiro atoms. The largest absolute Gasteiger partial charge is 0.457 e. The summed E-state index contributed by atoms with van der Waals surface area (Å²) in [6.07, 6.45) is -2.41. The van der Waals surface area contributed by atoms with Gasteiger partial charge in [-0.2, -0.15) is 13.2 Å². The van der Waals surface area contributed by atoms with Gasteiger partial charge in [-0.3, -0.25) is 9.59 Å². The molecule has 2 fully saturated rings. The molecule has 0 bridgehead atoms. The maximum absolute atomic E-state index is 15.6. The zero-order valence-corrected chi connectivity index (χ0v) is 21.1. The fourth-order valence-corrected chi connectivity index (χ4v) is 7.90. The number of fused-ring (bicyclic) bond motifs is 4. The standard InChI is InChI=1S/C30H31F4NO2/c1-3-26(37)29(12-13-30(32,33)34)11-10-24-22-15-25(31)21-14-19(36)8-9-20(21)27(22)23(16-28(24,29)2)17-4-6-18(35)7-5-17/h4-7,14,22-25H,3,8-11,15-16,35H2,1-2H3/t22-,23+,24-,25?,28-,29-/m0/s1. The molecule has 0 aliphatic heterocycles. The molecule has 4 aliphatic carbocycles. The minimum absolute atomic E-state index is 0.0824. The van der Waals surface area contributed by atoms with E-state index in [1.54, 1.807) is 19.1 Å². The number of ketones is 2. The van der Waals surface area contributed by atoms with Crippen LogP contribution < -0.4 is 5.73 Å². The van der Waals surface area contributed by atoms with Crippen LogP contribution in [-0.4, -0.2) is 23.9 Å². The number of Topliss-reactive ketones (excluding diaryl/α,β-unsaturated/α-hetero) is 1. The first-order valence-electron chi connectivity index (χ1n) is 13.0. The highest BCUT2D eigenvalue weighted by Gasteiger charge is 2.65. The number of benzene rings is 1. The molecule has 0 radical (unpaired) electrons. The van der Waals surface area contributed by atoms with Gasteiger partial charge in [-0.05, 0) is 84.3 Å². The van der Waals surface area contributed by atoms with Crippen molar-refractivity contribution >= 4 is 17.3 Å². The van der Waals surface area contributed by atoms with Crippen molar-refractivity contribution in [3.8, 4) is 11.8 Å². The van der Waals surface area contributed by atoms with Crippen LogP contribution in [0.5, 0.6) is 0 Å². The summed E-state index contributed by atoms with van der Waals surface area (Å²) in [6, 6.07) is 7.39. The van der Waals surface area contributed by atoms with Crippen LogP contribution in [0.25, 0.3) is 0 Å². The SMILES string of the molecule is CCC(=O)[C@@]1(C#CC(F)(F)F)CC[C@H]2[C@@H]3CC(F)C4=CC(=O)CCC4=C3[C@@H](c3ccc(N)cc3)C[C@@]21C. The summed E-state index contributed by atoms with van der Waals surface area (Å²) < 4.78 is 55.6. The first-order valence-corrected chi connectivity index (χ1v) is 13.0. The fraction of sp³-hybridized carbons (Fsp3) is 0.533. The highest BCUT2D eigenvalue weighted by atomic mass is 19.4. The summed E-state index contributed by atoms with van der Waals surface area (Å²) in [5, 5.41) is 0. The number of rotatable bonds is 3. The van der Waals surface area contributed by atoms with Gasteiger partial charge in [-0.1, -0.05) is 37.5 Å². The van der Waals surface area contributed by atoms with Crippen molar-refractivity contribution in [3.05, 3.63) is 52.6 Å². The van der Waals surface area contributed by atoms with Gasteiger partial charge < -0.3 is 5.73 Å². The van der Waals surface area contributed by atoms with Crippen LogP contribution in [0.3, 0.4) is 0 Å². The molecule has 1 aromatic carbocycles. The Bertz CT molecular complexity index is 1260. The Morgan fingerprint density at radius 2 is 1.89 bits per heavy atom. The molecule has 4 aliphatic rings. The lowest BCUT2D eigenvalue weighted by Gasteiger charge is -2.55. The normalized spacial score (nSPS) is 35.1. The van der Waals surface area contributed by atoms with Gasteiger partial charge in [0.05, 0.1) is 5.41 Å². The Hall–Kier alpha value is -2.88. The predicted octanol–water partition coefficient (Wildman–Crippen LogP) is 6.65. The third-order valence-corrected chi connectivity index (χ3v) is 9.50. The van der Waals surface area contributed by atoms with Crippen LogP contribution in [0.4, 0.5) is 23.2 Å². The molecule has 0 amide bonds. The zero-order chi connectivity index (χ0) is 26.8. The lowest BCUT2D eigenvalue weighted by atomic mass is 9.48. The van der Waals surface area contributed by atoms with Crippen LogP contribution in [0.15, 0.2) is 47.1 Å². The molecule has 37 heavy (non-hydrogen) atoms. The van der Waals surface area contributed by atoms with Gasteiger partial charge in [0.25, 0.3) is 0 Å². The van der Waals surface area contributed by atoms with E-state index in [1.165, 1.54) is 12.0 Å². The van der Waals surface area contributed by atoms with Crippen LogP contribution in [0.2, 0.25) is 0 Å². The molecular formula is C30H31F4NO2. The van der Waals surface area contributed by atoms with E-state index < -0.39 is 23.2 Å². The summed E-state index contributed by atoms with van der Waals surface area (Å²) >= 11 is 0. The second-order valence-corrected chi connectivity index (χ2v) is 11.2. The number of nitrogen functional groups attached to an aromatic ring is 1. The minimum Gasteiger partial charge on any atom is -0.399 e. The lowest BCUT2D eigenvalue weighted by Crippen LogP contribution is -2.51. The Labute approximate surface area is 214 Å².